The SMILES string of the molecule is CCCNCc1nc(C(C)C)ncc1N1CCSCC1. The first-order valence-electron chi connectivity index (χ1n) is 7.61. The standard InChI is InChI=1S/C15H26N4S/c1-4-5-16-10-13-14(19-6-8-20-9-7-19)11-17-15(18-13)12(2)3/h11-12,16H,4-10H2,1-3H3. The van der Waals surface area contributed by atoms with Crippen LogP contribution in [-0.2, 0) is 6.54 Å². The molecule has 1 aromatic heterocycles. The summed E-state index contributed by atoms with van der Waals surface area (Å²) in [7, 11) is 0. The van der Waals surface area contributed by atoms with Crippen molar-refractivity contribution in [2.45, 2.75) is 39.7 Å². The van der Waals surface area contributed by atoms with Gasteiger partial charge in [-0.2, -0.15) is 11.8 Å². The van der Waals surface area contributed by atoms with E-state index in [9.17, 15) is 0 Å². The third-order valence-corrected chi connectivity index (χ3v) is 4.39. The van der Waals surface area contributed by atoms with E-state index in [-0.39, 0.29) is 0 Å². The van der Waals surface area contributed by atoms with Crippen molar-refractivity contribution < 1.29 is 0 Å². The lowest BCUT2D eigenvalue weighted by Crippen LogP contribution is -2.34. The fraction of sp³-hybridized carbons (Fsp3) is 0.733. The van der Waals surface area contributed by atoms with Crippen LogP contribution < -0.4 is 10.2 Å². The van der Waals surface area contributed by atoms with Crippen molar-refractivity contribution in [2.75, 3.05) is 36.0 Å². The molecular weight excluding hydrogens is 268 g/mol. The number of nitrogens with one attached hydrogen (secondary N) is 1. The molecule has 0 unspecified atom stereocenters. The molecular formula is C15H26N4S. The molecule has 1 aliphatic rings. The normalized spacial score (nSPS) is 15.9. The maximum atomic E-state index is 4.80. The van der Waals surface area contributed by atoms with Gasteiger partial charge >= 0.3 is 0 Å². The average molecular weight is 294 g/mol. The molecule has 5 heteroatoms. The Morgan fingerprint density at radius 3 is 2.75 bits per heavy atom. The third-order valence-electron chi connectivity index (χ3n) is 3.45. The van der Waals surface area contributed by atoms with Crippen molar-refractivity contribution in [3.05, 3.63) is 17.7 Å². The molecule has 0 saturated carbocycles. The molecule has 2 heterocycles. The van der Waals surface area contributed by atoms with Gasteiger partial charge in [0.1, 0.15) is 5.82 Å². The maximum absolute atomic E-state index is 4.80. The lowest BCUT2D eigenvalue weighted by atomic mass is 10.2. The first-order valence-corrected chi connectivity index (χ1v) is 8.77. The highest BCUT2D eigenvalue weighted by Gasteiger charge is 2.17. The zero-order valence-corrected chi connectivity index (χ0v) is 13.7. The fourth-order valence-corrected chi connectivity index (χ4v) is 3.19. The second-order valence-corrected chi connectivity index (χ2v) is 6.72. The second-order valence-electron chi connectivity index (χ2n) is 5.49. The number of nitrogens with zero attached hydrogens (tertiary/aromatic N) is 3. The number of rotatable bonds is 6. The van der Waals surface area contributed by atoms with Gasteiger partial charge in [0.25, 0.3) is 0 Å². The number of hydrogen-bond acceptors (Lipinski definition) is 5. The quantitative estimate of drug-likeness (QED) is 0.817. The summed E-state index contributed by atoms with van der Waals surface area (Å²) in [5.74, 6) is 3.74. The van der Waals surface area contributed by atoms with Crippen LogP contribution in [0.3, 0.4) is 0 Å². The molecule has 0 aliphatic carbocycles. The zero-order valence-electron chi connectivity index (χ0n) is 12.9. The van der Waals surface area contributed by atoms with Gasteiger partial charge in [-0.15, -0.1) is 0 Å². The molecule has 1 aliphatic heterocycles. The molecule has 112 valence electrons. The maximum Gasteiger partial charge on any atom is 0.131 e. The summed E-state index contributed by atoms with van der Waals surface area (Å²) in [6.07, 6.45) is 3.18. The van der Waals surface area contributed by atoms with Gasteiger partial charge in [0.05, 0.1) is 17.6 Å². The minimum atomic E-state index is 0.380. The van der Waals surface area contributed by atoms with Crippen molar-refractivity contribution in [1.82, 2.24) is 15.3 Å². The van der Waals surface area contributed by atoms with Gasteiger partial charge in [-0.1, -0.05) is 20.8 Å². The Hall–Kier alpha value is -0.810. The number of aromatic nitrogens is 2. The molecule has 1 fully saturated rings. The van der Waals surface area contributed by atoms with E-state index in [1.165, 1.54) is 17.2 Å². The first-order chi connectivity index (χ1) is 9.72. The van der Waals surface area contributed by atoms with Gasteiger partial charge in [0.15, 0.2) is 0 Å². The van der Waals surface area contributed by atoms with Gasteiger partial charge in [0, 0.05) is 37.1 Å². The molecule has 0 spiro atoms. The highest BCUT2D eigenvalue weighted by molar-refractivity contribution is 7.99. The van der Waals surface area contributed by atoms with Crippen molar-refractivity contribution in [3.8, 4) is 0 Å². The van der Waals surface area contributed by atoms with Crippen molar-refractivity contribution in [2.24, 2.45) is 0 Å². The van der Waals surface area contributed by atoms with Crippen molar-refractivity contribution >= 4 is 17.4 Å². The predicted molar refractivity (Wildman–Crippen MR) is 87.7 cm³/mol. The van der Waals surface area contributed by atoms with Crippen molar-refractivity contribution in [3.63, 3.8) is 0 Å². The van der Waals surface area contributed by atoms with Crippen LogP contribution in [0.25, 0.3) is 0 Å². The summed E-state index contributed by atoms with van der Waals surface area (Å²) < 4.78 is 0. The van der Waals surface area contributed by atoms with Gasteiger partial charge < -0.3 is 10.2 Å². The molecule has 0 amide bonds. The van der Waals surface area contributed by atoms with E-state index < -0.39 is 0 Å². The Morgan fingerprint density at radius 2 is 2.10 bits per heavy atom. The smallest absolute Gasteiger partial charge is 0.131 e. The number of anilines is 1. The van der Waals surface area contributed by atoms with Crippen LogP contribution >= 0.6 is 11.8 Å². The predicted octanol–water partition coefficient (Wildman–Crippen LogP) is 2.65. The van der Waals surface area contributed by atoms with Crippen LogP contribution in [0.1, 0.15) is 44.6 Å². The average Bonchev–Trinajstić information content (AvgIpc) is 2.48. The van der Waals surface area contributed by atoms with E-state index in [2.05, 4.69) is 36.0 Å². The summed E-state index contributed by atoms with van der Waals surface area (Å²) in [5, 5.41) is 3.47. The molecule has 0 bridgehead atoms. The van der Waals surface area contributed by atoms with Gasteiger partial charge in [-0.05, 0) is 13.0 Å². The largest absolute Gasteiger partial charge is 0.367 e. The van der Waals surface area contributed by atoms with Gasteiger partial charge in [-0.25, -0.2) is 9.97 Å². The zero-order chi connectivity index (χ0) is 14.4. The molecule has 1 aromatic rings. The molecule has 0 atom stereocenters. The van der Waals surface area contributed by atoms with E-state index in [1.807, 2.05) is 18.0 Å². The van der Waals surface area contributed by atoms with Crippen LogP contribution in [0.5, 0.6) is 0 Å². The van der Waals surface area contributed by atoms with Crippen LogP contribution in [0.2, 0.25) is 0 Å². The van der Waals surface area contributed by atoms with Crippen LogP contribution in [-0.4, -0.2) is 41.1 Å². The van der Waals surface area contributed by atoms with Gasteiger partial charge in [-0.3, -0.25) is 0 Å². The topological polar surface area (TPSA) is 41.1 Å². The summed E-state index contributed by atoms with van der Waals surface area (Å²) in [6.45, 7) is 10.6. The van der Waals surface area contributed by atoms with Crippen LogP contribution in [0, 0.1) is 0 Å². The lowest BCUT2D eigenvalue weighted by molar-refractivity contribution is 0.648. The van der Waals surface area contributed by atoms with E-state index in [0.717, 1.165) is 44.1 Å². The van der Waals surface area contributed by atoms with E-state index >= 15 is 0 Å². The minimum Gasteiger partial charge on any atom is -0.367 e. The summed E-state index contributed by atoms with van der Waals surface area (Å²) in [6, 6.07) is 0. The molecule has 0 aromatic carbocycles. The van der Waals surface area contributed by atoms with Crippen LogP contribution in [0.15, 0.2) is 6.20 Å². The Bertz CT molecular complexity index is 416. The molecule has 1 saturated heterocycles. The molecule has 4 nitrogen and oxygen atoms in total. The fourth-order valence-electron chi connectivity index (χ4n) is 2.29. The molecule has 0 radical (unpaired) electrons. The molecule has 1 N–H and O–H groups in total. The minimum absolute atomic E-state index is 0.380. The monoisotopic (exact) mass is 294 g/mol. The van der Waals surface area contributed by atoms with E-state index in [0.29, 0.717) is 5.92 Å². The summed E-state index contributed by atoms with van der Waals surface area (Å²) in [5.41, 5.74) is 2.38. The Balaban J connectivity index is 2.18. The highest BCUT2D eigenvalue weighted by Crippen LogP contribution is 2.23. The Labute approximate surface area is 126 Å². The Morgan fingerprint density at radius 1 is 1.35 bits per heavy atom. The Kier molecular flexibility index (Phi) is 6.10. The van der Waals surface area contributed by atoms with Crippen LogP contribution in [0.4, 0.5) is 5.69 Å². The molecule has 20 heavy (non-hydrogen) atoms. The number of thioether (sulfide) groups is 1. The summed E-state index contributed by atoms with van der Waals surface area (Å²) in [4.78, 5) is 11.8. The van der Waals surface area contributed by atoms with E-state index in [4.69, 9.17) is 4.98 Å². The van der Waals surface area contributed by atoms with Gasteiger partial charge in [0.2, 0.25) is 0 Å². The molecule has 2 rings (SSSR count). The van der Waals surface area contributed by atoms with Crippen molar-refractivity contribution in [1.29, 1.82) is 0 Å². The third kappa shape index (κ3) is 4.09. The first kappa shape index (κ1) is 15.6. The summed E-state index contributed by atoms with van der Waals surface area (Å²) >= 11 is 2.03. The highest BCUT2D eigenvalue weighted by atomic mass is 32.2. The van der Waals surface area contributed by atoms with E-state index in [1.54, 1.807) is 0 Å². The lowest BCUT2D eigenvalue weighted by Gasteiger charge is -2.30. The second kappa shape index (κ2) is 7.84. The number of hydrogen-bond donors (Lipinski definition) is 1.